The van der Waals surface area contributed by atoms with Crippen LogP contribution in [0.2, 0.25) is 0 Å². The van der Waals surface area contributed by atoms with Gasteiger partial charge in [-0.3, -0.25) is 0 Å². The van der Waals surface area contributed by atoms with Gasteiger partial charge in [-0.1, -0.05) is 12.1 Å². The lowest BCUT2D eigenvalue weighted by Crippen LogP contribution is -2.36. The first-order valence-electron chi connectivity index (χ1n) is 7.85. The third-order valence-corrected chi connectivity index (χ3v) is 4.72. The Kier molecular flexibility index (Phi) is 8.55. The zero-order valence-corrected chi connectivity index (χ0v) is 17.8. The van der Waals surface area contributed by atoms with Gasteiger partial charge in [-0.2, -0.15) is 0 Å². The first kappa shape index (κ1) is 20.8. The molecule has 0 saturated heterocycles. The van der Waals surface area contributed by atoms with Crippen molar-refractivity contribution >= 4 is 41.3 Å². The van der Waals surface area contributed by atoms with Crippen LogP contribution in [0.4, 0.5) is 0 Å². The van der Waals surface area contributed by atoms with Crippen LogP contribution in [0, 0.1) is 20.8 Å². The predicted molar refractivity (Wildman–Crippen MR) is 114 cm³/mol. The predicted octanol–water partition coefficient (Wildman–Crippen LogP) is 4.25. The van der Waals surface area contributed by atoms with Crippen molar-refractivity contribution < 1.29 is 5.11 Å². The molecule has 24 heavy (non-hydrogen) atoms. The fraction of sp³-hybridized carbons (Fsp3) is 0.389. The molecule has 1 aromatic heterocycles. The zero-order valence-electron chi connectivity index (χ0n) is 14.6. The van der Waals surface area contributed by atoms with Gasteiger partial charge in [-0.25, -0.2) is 4.99 Å². The molecule has 0 aliphatic rings. The highest BCUT2D eigenvalue weighted by molar-refractivity contribution is 14.0. The van der Waals surface area contributed by atoms with Gasteiger partial charge in [0.15, 0.2) is 5.96 Å². The van der Waals surface area contributed by atoms with E-state index in [2.05, 4.69) is 40.9 Å². The van der Waals surface area contributed by atoms with Crippen LogP contribution in [0.15, 0.2) is 28.6 Å². The van der Waals surface area contributed by atoms with E-state index in [4.69, 9.17) is 0 Å². The summed E-state index contributed by atoms with van der Waals surface area (Å²) >= 11 is 1.76. The van der Waals surface area contributed by atoms with Crippen molar-refractivity contribution in [3.05, 3.63) is 50.7 Å². The number of thiophene rings is 1. The van der Waals surface area contributed by atoms with Crippen LogP contribution < -0.4 is 10.6 Å². The molecule has 0 fully saturated rings. The topological polar surface area (TPSA) is 56.7 Å². The number of hydrogen-bond donors (Lipinski definition) is 3. The van der Waals surface area contributed by atoms with Crippen LogP contribution in [-0.2, 0) is 13.1 Å². The largest absolute Gasteiger partial charge is 0.507 e. The zero-order chi connectivity index (χ0) is 16.8. The Labute approximate surface area is 165 Å². The molecule has 3 N–H and O–H groups in total. The Balaban J connectivity index is 0.00000288. The van der Waals surface area contributed by atoms with Crippen molar-refractivity contribution in [3.8, 4) is 5.75 Å². The number of phenols is 1. The van der Waals surface area contributed by atoms with Crippen molar-refractivity contribution in [2.24, 2.45) is 4.99 Å². The van der Waals surface area contributed by atoms with Gasteiger partial charge in [0, 0.05) is 11.4 Å². The maximum atomic E-state index is 9.85. The lowest BCUT2D eigenvalue weighted by molar-refractivity contribution is 0.466. The number of aryl methyl sites for hydroxylation is 3. The molecule has 2 aromatic rings. The summed E-state index contributed by atoms with van der Waals surface area (Å²) in [7, 11) is 0. The minimum atomic E-state index is 0. The van der Waals surface area contributed by atoms with E-state index in [1.54, 1.807) is 11.3 Å². The second-order valence-corrected chi connectivity index (χ2v) is 6.65. The number of phenolic OH excluding ortho intramolecular Hbond substituents is 1. The molecule has 0 amide bonds. The van der Waals surface area contributed by atoms with Gasteiger partial charge in [-0.15, -0.1) is 35.3 Å². The molecule has 0 saturated carbocycles. The minimum absolute atomic E-state index is 0. The van der Waals surface area contributed by atoms with Crippen LogP contribution in [-0.4, -0.2) is 17.6 Å². The normalized spacial score (nSPS) is 11.1. The lowest BCUT2D eigenvalue weighted by Gasteiger charge is -2.12. The molecule has 1 heterocycles. The standard InChI is InChI=1S/C18H25N3OS.HI/c1-5-19-18(21-11-16-12(2)6-7-23-16)20-10-15-8-13(3)17(22)14(4)9-15;/h6-9,22H,5,10-11H2,1-4H3,(H2,19,20,21);1H. The highest BCUT2D eigenvalue weighted by atomic mass is 127. The molecular formula is C18H26IN3OS. The molecule has 0 spiro atoms. The van der Waals surface area contributed by atoms with Crippen molar-refractivity contribution in [1.29, 1.82) is 0 Å². The third kappa shape index (κ3) is 5.66. The van der Waals surface area contributed by atoms with Crippen LogP contribution in [0.1, 0.15) is 34.1 Å². The van der Waals surface area contributed by atoms with E-state index in [9.17, 15) is 5.11 Å². The van der Waals surface area contributed by atoms with Crippen LogP contribution in [0.25, 0.3) is 0 Å². The molecular weight excluding hydrogens is 433 g/mol. The van der Waals surface area contributed by atoms with Gasteiger partial charge in [0.05, 0.1) is 13.1 Å². The van der Waals surface area contributed by atoms with Gasteiger partial charge in [-0.05, 0) is 61.4 Å². The van der Waals surface area contributed by atoms with Crippen molar-refractivity contribution in [2.45, 2.75) is 40.8 Å². The average molecular weight is 459 g/mol. The first-order valence-corrected chi connectivity index (χ1v) is 8.73. The fourth-order valence-electron chi connectivity index (χ4n) is 2.40. The molecule has 0 unspecified atom stereocenters. The third-order valence-electron chi connectivity index (χ3n) is 3.70. The first-order chi connectivity index (χ1) is 11.0. The fourth-order valence-corrected chi connectivity index (χ4v) is 3.24. The Bertz CT molecular complexity index is 674. The minimum Gasteiger partial charge on any atom is -0.507 e. The van der Waals surface area contributed by atoms with Crippen molar-refractivity contribution in [1.82, 2.24) is 10.6 Å². The molecule has 6 heteroatoms. The summed E-state index contributed by atoms with van der Waals surface area (Å²) in [5, 5.41) is 18.6. The monoisotopic (exact) mass is 459 g/mol. The lowest BCUT2D eigenvalue weighted by atomic mass is 10.1. The highest BCUT2D eigenvalue weighted by Crippen LogP contribution is 2.23. The maximum Gasteiger partial charge on any atom is 0.191 e. The molecule has 132 valence electrons. The van der Waals surface area contributed by atoms with Gasteiger partial charge >= 0.3 is 0 Å². The summed E-state index contributed by atoms with van der Waals surface area (Å²) in [6.45, 7) is 10.2. The van der Waals surface area contributed by atoms with E-state index >= 15 is 0 Å². The number of hydrogen-bond acceptors (Lipinski definition) is 3. The number of nitrogens with zero attached hydrogens (tertiary/aromatic N) is 1. The second-order valence-electron chi connectivity index (χ2n) is 5.65. The number of aliphatic imine (C=N–C) groups is 1. The maximum absolute atomic E-state index is 9.85. The van der Waals surface area contributed by atoms with Gasteiger partial charge in [0.25, 0.3) is 0 Å². The number of halogens is 1. The van der Waals surface area contributed by atoms with E-state index in [0.29, 0.717) is 12.3 Å². The summed E-state index contributed by atoms with van der Waals surface area (Å²) in [4.78, 5) is 5.97. The second kappa shape index (κ2) is 9.88. The number of benzene rings is 1. The van der Waals surface area contributed by atoms with E-state index in [1.807, 2.05) is 26.0 Å². The SMILES string of the molecule is CCNC(=NCc1cc(C)c(O)c(C)c1)NCc1sccc1C.I. The van der Waals surface area contributed by atoms with E-state index in [0.717, 1.165) is 35.7 Å². The van der Waals surface area contributed by atoms with Crippen molar-refractivity contribution in [3.63, 3.8) is 0 Å². The van der Waals surface area contributed by atoms with Gasteiger partial charge in [0.1, 0.15) is 5.75 Å². The van der Waals surface area contributed by atoms with E-state index < -0.39 is 0 Å². The molecule has 4 nitrogen and oxygen atoms in total. The van der Waals surface area contributed by atoms with Gasteiger partial charge < -0.3 is 15.7 Å². The Morgan fingerprint density at radius 3 is 2.33 bits per heavy atom. The van der Waals surface area contributed by atoms with Crippen LogP contribution in [0.5, 0.6) is 5.75 Å². The Hall–Kier alpha value is -1.28. The summed E-state index contributed by atoms with van der Waals surface area (Å²) in [5.41, 5.74) is 4.19. The number of nitrogens with one attached hydrogen (secondary N) is 2. The molecule has 0 aliphatic heterocycles. The molecule has 0 atom stereocenters. The smallest absolute Gasteiger partial charge is 0.191 e. The molecule has 0 bridgehead atoms. The Morgan fingerprint density at radius 1 is 1.12 bits per heavy atom. The Morgan fingerprint density at radius 2 is 1.79 bits per heavy atom. The summed E-state index contributed by atoms with van der Waals surface area (Å²) in [5.74, 6) is 1.18. The number of aromatic hydroxyl groups is 1. The molecule has 1 aromatic carbocycles. The number of guanidine groups is 1. The van der Waals surface area contributed by atoms with Crippen molar-refractivity contribution in [2.75, 3.05) is 6.54 Å². The average Bonchev–Trinajstić information content (AvgIpc) is 2.92. The molecule has 2 rings (SSSR count). The highest BCUT2D eigenvalue weighted by Gasteiger charge is 2.05. The number of rotatable bonds is 5. The molecule has 0 radical (unpaired) electrons. The van der Waals surface area contributed by atoms with Gasteiger partial charge in [0.2, 0.25) is 0 Å². The summed E-state index contributed by atoms with van der Waals surface area (Å²) in [6, 6.07) is 6.10. The van der Waals surface area contributed by atoms with E-state index in [-0.39, 0.29) is 24.0 Å². The van der Waals surface area contributed by atoms with Crippen LogP contribution in [0.3, 0.4) is 0 Å². The summed E-state index contributed by atoms with van der Waals surface area (Å²) < 4.78 is 0. The van der Waals surface area contributed by atoms with Crippen LogP contribution >= 0.6 is 35.3 Å². The quantitative estimate of drug-likeness (QED) is 0.356. The van der Waals surface area contributed by atoms with E-state index in [1.165, 1.54) is 10.4 Å². The molecule has 0 aliphatic carbocycles. The summed E-state index contributed by atoms with van der Waals surface area (Å²) in [6.07, 6.45) is 0.